The first-order valence-corrected chi connectivity index (χ1v) is 9.46. The Kier molecular flexibility index (Phi) is 6.82. The van der Waals surface area contributed by atoms with Crippen LogP contribution in [0.2, 0.25) is 0 Å². The molecular weight excluding hydrogens is 335 g/mol. The lowest BCUT2D eigenvalue weighted by Crippen LogP contribution is -2.46. The number of hydrogen-bond acceptors (Lipinski definition) is 4. The molecule has 2 unspecified atom stereocenters. The minimum Gasteiger partial charge on any atom is -0.386 e. The van der Waals surface area contributed by atoms with E-state index in [1.54, 1.807) is 18.2 Å². The van der Waals surface area contributed by atoms with Crippen LogP contribution < -0.4 is 5.32 Å². The molecule has 1 aromatic carbocycles. The van der Waals surface area contributed by atoms with Crippen LogP contribution in [-0.4, -0.2) is 79.4 Å². The average molecular weight is 364 g/mol. The summed E-state index contributed by atoms with van der Waals surface area (Å²) in [6.07, 6.45) is 0.155. The first-order valence-electron chi connectivity index (χ1n) is 9.46. The maximum atomic E-state index is 13.8. The largest absolute Gasteiger partial charge is 0.386 e. The van der Waals surface area contributed by atoms with Gasteiger partial charge in [0, 0.05) is 44.3 Å². The van der Waals surface area contributed by atoms with Crippen LogP contribution in [0.15, 0.2) is 29.3 Å². The highest BCUT2D eigenvalue weighted by Crippen LogP contribution is 2.19. The molecule has 2 N–H and O–H groups in total. The number of nitrogens with one attached hydrogen (secondary N) is 1. The Balaban J connectivity index is 1.61. The first-order chi connectivity index (χ1) is 12.7. The molecule has 0 bridgehead atoms. The predicted octanol–water partition coefficient (Wildman–Crippen LogP) is 1.23. The molecule has 6 nitrogen and oxygen atoms in total. The molecule has 3 rings (SSSR count). The number of aliphatic hydroxyl groups is 1. The summed E-state index contributed by atoms with van der Waals surface area (Å²) >= 11 is 0. The molecule has 0 saturated carbocycles. The van der Waals surface area contributed by atoms with Crippen LogP contribution >= 0.6 is 0 Å². The maximum Gasteiger partial charge on any atom is 0.194 e. The van der Waals surface area contributed by atoms with Crippen LogP contribution in [0.3, 0.4) is 0 Å². The molecule has 0 aliphatic carbocycles. The smallest absolute Gasteiger partial charge is 0.194 e. The Morgan fingerprint density at radius 1 is 1.35 bits per heavy atom. The van der Waals surface area contributed by atoms with Crippen molar-refractivity contribution in [3.8, 4) is 0 Å². The van der Waals surface area contributed by atoms with E-state index in [0.717, 1.165) is 58.3 Å². The van der Waals surface area contributed by atoms with Crippen molar-refractivity contribution in [1.82, 2.24) is 15.1 Å². The second-order valence-corrected chi connectivity index (χ2v) is 6.77. The highest BCUT2D eigenvalue weighted by atomic mass is 19.1. The van der Waals surface area contributed by atoms with Gasteiger partial charge in [0.25, 0.3) is 0 Å². The lowest BCUT2D eigenvalue weighted by Gasteiger charge is -2.32. The predicted molar refractivity (Wildman–Crippen MR) is 99.7 cm³/mol. The van der Waals surface area contributed by atoms with Crippen molar-refractivity contribution in [1.29, 1.82) is 0 Å². The number of guanidine groups is 1. The molecule has 2 aliphatic rings. The molecule has 0 spiro atoms. The lowest BCUT2D eigenvalue weighted by atomic mass is 10.1. The van der Waals surface area contributed by atoms with E-state index >= 15 is 0 Å². The third-order valence-corrected chi connectivity index (χ3v) is 5.04. The highest BCUT2D eigenvalue weighted by molar-refractivity contribution is 5.80. The second kappa shape index (κ2) is 9.30. The quantitative estimate of drug-likeness (QED) is 0.608. The van der Waals surface area contributed by atoms with Crippen molar-refractivity contribution in [2.75, 3.05) is 52.5 Å². The van der Waals surface area contributed by atoms with Gasteiger partial charge in [-0.15, -0.1) is 0 Å². The number of likely N-dealkylation sites (tertiary alicyclic amines) is 1. The molecule has 2 fully saturated rings. The molecule has 1 aromatic rings. The number of benzene rings is 1. The summed E-state index contributed by atoms with van der Waals surface area (Å²) in [7, 11) is 0. The Hall–Kier alpha value is -1.70. The summed E-state index contributed by atoms with van der Waals surface area (Å²) in [4.78, 5) is 9.29. The minimum atomic E-state index is -0.942. The van der Waals surface area contributed by atoms with Gasteiger partial charge in [0.2, 0.25) is 0 Å². The van der Waals surface area contributed by atoms with Crippen LogP contribution in [0, 0.1) is 5.82 Å². The number of morpholine rings is 1. The van der Waals surface area contributed by atoms with Crippen molar-refractivity contribution in [3.63, 3.8) is 0 Å². The third kappa shape index (κ3) is 4.72. The van der Waals surface area contributed by atoms with E-state index in [0.29, 0.717) is 11.6 Å². The van der Waals surface area contributed by atoms with Crippen LogP contribution in [0.5, 0.6) is 0 Å². The molecule has 0 amide bonds. The Bertz CT molecular complexity index is 607. The summed E-state index contributed by atoms with van der Waals surface area (Å²) in [5.41, 5.74) is 0.291. The molecular formula is C19H29FN4O2. The Labute approximate surface area is 154 Å². The van der Waals surface area contributed by atoms with Crippen molar-refractivity contribution in [2.45, 2.75) is 25.5 Å². The fraction of sp³-hybridized carbons (Fsp3) is 0.632. The van der Waals surface area contributed by atoms with Crippen molar-refractivity contribution < 1.29 is 14.2 Å². The van der Waals surface area contributed by atoms with Gasteiger partial charge in [-0.25, -0.2) is 4.39 Å². The number of aliphatic hydroxyl groups excluding tert-OH is 1. The van der Waals surface area contributed by atoms with E-state index in [2.05, 4.69) is 20.1 Å². The molecule has 144 valence electrons. The molecule has 0 aromatic heterocycles. The van der Waals surface area contributed by atoms with Crippen LogP contribution in [0.25, 0.3) is 0 Å². The van der Waals surface area contributed by atoms with Gasteiger partial charge < -0.3 is 20.1 Å². The fourth-order valence-electron chi connectivity index (χ4n) is 3.62. The number of ether oxygens (including phenoxy) is 1. The summed E-state index contributed by atoms with van der Waals surface area (Å²) in [6.45, 7) is 8.36. The van der Waals surface area contributed by atoms with Crippen LogP contribution in [-0.2, 0) is 4.74 Å². The van der Waals surface area contributed by atoms with Gasteiger partial charge in [0.15, 0.2) is 5.96 Å². The summed E-state index contributed by atoms with van der Waals surface area (Å²) in [5, 5.41) is 13.6. The molecule has 2 aliphatic heterocycles. The maximum absolute atomic E-state index is 13.8. The van der Waals surface area contributed by atoms with Crippen LogP contribution in [0.4, 0.5) is 4.39 Å². The van der Waals surface area contributed by atoms with E-state index < -0.39 is 11.9 Å². The van der Waals surface area contributed by atoms with Crippen molar-refractivity contribution in [2.24, 2.45) is 4.99 Å². The third-order valence-electron chi connectivity index (χ3n) is 5.04. The molecule has 7 heteroatoms. The van der Waals surface area contributed by atoms with Gasteiger partial charge >= 0.3 is 0 Å². The van der Waals surface area contributed by atoms with Gasteiger partial charge in [-0.05, 0) is 19.4 Å². The Morgan fingerprint density at radius 2 is 2.12 bits per heavy atom. The molecule has 2 heterocycles. The Morgan fingerprint density at radius 3 is 2.85 bits per heavy atom. The summed E-state index contributed by atoms with van der Waals surface area (Å²) in [6, 6.07) is 6.83. The number of hydrogen-bond donors (Lipinski definition) is 2. The zero-order chi connectivity index (χ0) is 18.4. The highest BCUT2D eigenvalue weighted by Gasteiger charge is 2.30. The molecule has 26 heavy (non-hydrogen) atoms. The normalized spacial score (nSPS) is 23.3. The molecule has 0 radical (unpaired) electrons. The van der Waals surface area contributed by atoms with E-state index in [9.17, 15) is 9.50 Å². The van der Waals surface area contributed by atoms with Crippen LogP contribution in [0.1, 0.15) is 25.0 Å². The topological polar surface area (TPSA) is 60.3 Å². The monoisotopic (exact) mass is 364 g/mol. The van der Waals surface area contributed by atoms with Crippen molar-refractivity contribution in [3.05, 3.63) is 35.6 Å². The zero-order valence-electron chi connectivity index (χ0n) is 15.4. The van der Waals surface area contributed by atoms with E-state index in [1.165, 1.54) is 6.07 Å². The van der Waals surface area contributed by atoms with E-state index in [4.69, 9.17) is 4.74 Å². The zero-order valence-corrected chi connectivity index (χ0v) is 15.4. The van der Waals surface area contributed by atoms with Gasteiger partial charge in [-0.3, -0.25) is 9.89 Å². The summed E-state index contributed by atoms with van der Waals surface area (Å²) < 4.78 is 19.3. The lowest BCUT2D eigenvalue weighted by molar-refractivity contribution is 0.0194. The number of halogens is 1. The molecule has 2 atom stereocenters. The minimum absolute atomic E-state index is 0.141. The van der Waals surface area contributed by atoms with E-state index in [1.807, 2.05) is 6.92 Å². The first kappa shape index (κ1) is 19.1. The van der Waals surface area contributed by atoms with Gasteiger partial charge in [0.05, 0.1) is 19.8 Å². The van der Waals surface area contributed by atoms with Gasteiger partial charge in [0.1, 0.15) is 11.9 Å². The van der Waals surface area contributed by atoms with E-state index in [-0.39, 0.29) is 6.54 Å². The fourth-order valence-corrected chi connectivity index (χ4v) is 3.62. The number of nitrogens with zero attached hydrogens (tertiary/aromatic N) is 3. The summed E-state index contributed by atoms with van der Waals surface area (Å²) in [5.74, 6) is 0.396. The van der Waals surface area contributed by atoms with Gasteiger partial charge in [-0.2, -0.15) is 0 Å². The number of rotatable bonds is 5. The SMILES string of the molecule is CCNC(=NCC(O)c1ccccc1F)N1CCC(N2CCOCC2)C1. The average Bonchev–Trinajstić information content (AvgIpc) is 3.16. The van der Waals surface area contributed by atoms with Gasteiger partial charge in [-0.1, -0.05) is 18.2 Å². The number of aliphatic imine (C=N–C) groups is 1. The van der Waals surface area contributed by atoms with Crippen molar-refractivity contribution >= 4 is 5.96 Å². The second-order valence-electron chi connectivity index (χ2n) is 6.77. The standard InChI is InChI=1S/C19H29FN4O2/c1-2-21-19(22-13-18(25)16-5-3-4-6-17(16)20)24-8-7-15(14-24)23-9-11-26-12-10-23/h3-6,15,18,25H,2,7-14H2,1H3,(H,21,22). The molecule has 2 saturated heterocycles.